The minimum atomic E-state index is 0.590. The van der Waals surface area contributed by atoms with Crippen molar-refractivity contribution < 1.29 is 4.42 Å². The Bertz CT molecular complexity index is 2890. The van der Waals surface area contributed by atoms with Crippen LogP contribution in [0.2, 0.25) is 0 Å². The molecule has 0 unspecified atom stereocenters. The topological polar surface area (TPSA) is 51.8 Å². The summed E-state index contributed by atoms with van der Waals surface area (Å²) in [7, 11) is 0. The van der Waals surface area contributed by atoms with Gasteiger partial charge in [0.25, 0.3) is 0 Å². The average molecular weight is 652 g/mol. The fourth-order valence-electron chi connectivity index (χ4n) is 7.22. The van der Waals surface area contributed by atoms with Crippen LogP contribution in [0.4, 0.5) is 0 Å². The highest BCUT2D eigenvalue weighted by Crippen LogP contribution is 2.42. The van der Waals surface area contributed by atoms with Crippen LogP contribution in [0.25, 0.3) is 99.9 Å². The standard InChI is InChI=1S/C47H29N3O/c1-3-12-31(13-4-1)41-28-35-17-8-10-20-39(35)44-43(41)40-27-26-36(29-42(40)51-44)47-49-45(33-15-5-2-6-16-33)48-46(50-47)34-24-22-32(23-25-34)38-21-11-18-30-14-7-9-19-37(30)38/h1-29H. The lowest BCUT2D eigenvalue weighted by Gasteiger charge is -2.10. The molecule has 4 nitrogen and oxygen atoms in total. The molecular formula is C47H29N3O. The van der Waals surface area contributed by atoms with Crippen molar-refractivity contribution in [2.24, 2.45) is 0 Å². The molecule has 10 aromatic rings. The lowest BCUT2D eigenvalue weighted by Crippen LogP contribution is -2.00. The van der Waals surface area contributed by atoms with Crippen molar-refractivity contribution in [3.63, 3.8) is 0 Å². The molecule has 0 N–H and O–H groups in total. The molecule has 0 saturated heterocycles. The van der Waals surface area contributed by atoms with E-state index in [9.17, 15) is 0 Å². The van der Waals surface area contributed by atoms with E-state index >= 15 is 0 Å². The van der Waals surface area contributed by atoms with Gasteiger partial charge in [0.15, 0.2) is 17.5 Å². The average Bonchev–Trinajstić information content (AvgIpc) is 3.60. The van der Waals surface area contributed by atoms with Crippen LogP contribution in [0, 0.1) is 0 Å². The van der Waals surface area contributed by atoms with Gasteiger partial charge in [0.2, 0.25) is 0 Å². The van der Waals surface area contributed by atoms with Gasteiger partial charge in [0, 0.05) is 32.8 Å². The second-order valence-corrected chi connectivity index (χ2v) is 12.8. The summed E-state index contributed by atoms with van der Waals surface area (Å²) in [6, 6.07) is 61.0. The van der Waals surface area contributed by atoms with E-state index in [1.165, 1.54) is 16.3 Å². The number of nitrogens with zero attached hydrogens (tertiary/aromatic N) is 3. The van der Waals surface area contributed by atoms with Crippen LogP contribution in [-0.4, -0.2) is 15.0 Å². The van der Waals surface area contributed by atoms with E-state index in [2.05, 4.69) is 140 Å². The van der Waals surface area contributed by atoms with Gasteiger partial charge in [-0.2, -0.15) is 0 Å². The van der Waals surface area contributed by atoms with Crippen molar-refractivity contribution in [2.45, 2.75) is 0 Å². The lowest BCUT2D eigenvalue weighted by atomic mass is 9.95. The largest absolute Gasteiger partial charge is 0.455 e. The fraction of sp³-hybridized carbons (Fsp3) is 0. The highest BCUT2D eigenvalue weighted by molar-refractivity contribution is 6.21. The van der Waals surface area contributed by atoms with Gasteiger partial charge in [-0.05, 0) is 56.6 Å². The summed E-state index contributed by atoms with van der Waals surface area (Å²) in [5.74, 6) is 1.83. The van der Waals surface area contributed by atoms with Crippen LogP contribution in [0.15, 0.2) is 180 Å². The summed E-state index contributed by atoms with van der Waals surface area (Å²) in [4.78, 5) is 15.1. The molecule has 0 saturated carbocycles. The highest BCUT2D eigenvalue weighted by atomic mass is 16.3. The number of aromatic nitrogens is 3. The third-order valence-corrected chi connectivity index (χ3v) is 9.72. The molecular weight excluding hydrogens is 623 g/mol. The molecule has 0 radical (unpaired) electrons. The van der Waals surface area contributed by atoms with Gasteiger partial charge >= 0.3 is 0 Å². The molecule has 0 aliphatic rings. The minimum Gasteiger partial charge on any atom is -0.455 e. The second kappa shape index (κ2) is 11.9. The van der Waals surface area contributed by atoms with E-state index in [0.717, 1.165) is 66.1 Å². The predicted molar refractivity (Wildman–Crippen MR) is 209 cm³/mol. The number of hydrogen-bond acceptors (Lipinski definition) is 4. The Kier molecular flexibility index (Phi) is 6.78. The molecule has 4 heteroatoms. The first-order valence-corrected chi connectivity index (χ1v) is 17.1. The Morgan fingerprint density at radius 2 is 0.863 bits per heavy atom. The minimum absolute atomic E-state index is 0.590. The van der Waals surface area contributed by atoms with E-state index in [-0.39, 0.29) is 0 Å². The molecule has 0 amide bonds. The summed E-state index contributed by atoms with van der Waals surface area (Å²) in [5, 5.41) is 6.84. The zero-order valence-corrected chi connectivity index (χ0v) is 27.5. The van der Waals surface area contributed by atoms with Gasteiger partial charge in [-0.15, -0.1) is 0 Å². The number of rotatable bonds is 5. The molecule has 8 aromatic carbocycles. The number of benzene rings is 8. The van der Waals surface area contributed by atoms with E-state index in [0.29, 0.717) is 17.5 Å². The Morgan fingerprint density at radius 3 is 1.61 bits per heavy atom. The van der Waals surface area contributed by atoms with E-state index in [1.807, 2.05) is 36.4 Å². The predicted octanol–water partition coefficient (Wildman–Crippen LogP) is 12.4. The molecule has 0 bridgehead atoms. The molecule has 0 fully saturated rings. The molecule has 51 heavy (non-hydrogen) atoms. The molecule has 0 atom stereocenters. The third-order valence-electron chi connectivity index (χ3n) is 9.72. The zero-order valence-electron chi connectivity index (χ0n) is 27.5. The summed E-state index contributed by atoms with van der Waals surface area (Å²) in [5.41, 5.74) is 9.03. The molecule has 2 heterocycles. The Morgan fingerprint density at radius 1 is 0.333 bits per heavy atom. The van der Waals surface area contributed by atoms with Crippen molar-refractivity contribution in [3.05, 3.63) is 176 Å². The zero-order chi connectivity index (χ0) is 33.7. The normalized spacial score (nSPS) is 11.5. The lowest BCUT2D eigenvalue weighted by molar-refractivity contribution is 0.673. The summed E-state index contributed by atoms with van der Waals surface area (Å²) in [6.45, 7) is 0. The van der Waals surface area contributed by atoms with Crippen LogP contribution < -0.4 is 0 Å². The van der Waals surface area contributed by atoms with Gasteiger partial charge in [-0.1, -0.05) is 158 Å². The first-order chi connectivity index (χ1) is 25.3. The van der Waals surface area contributed by atoms with Crippen LogP contribution in [0.3, 0.4) is 0 Å². The summed E-state index contributed by atoms with van der Waals surface area (Å²) >= 11 is 0. The molecule has 0 aliphatic carbocycles. The van der Waals surface area contributed by atoms with Crippen molar-refractivity contribution in [3.8, 4) is 56.4 Å². The molecule has 2 aromatic heterocycles. The number of furan rings is 1. The Balaban J connectivity index is 1.13. The van der Waals surface area contributed by atoms with Gasteiger partial charge in [0.05, 0.1) is 0 Å². The highest BCUT2D eigenvalue weighted by Gasteiger charge is 2.19. The smallest absolute Gasteiger partial charge is 0.164 e. The van der Waals surface area contributed by atoms with Crippen molar-refractivity contribution in [1.82, 2.24) is 15.0 Å². The van der Waals surface area contributed by atoms with Gasteiger partial charge < -0.3 is 4.42 Å². The molecule has 0 spiro atoms. The first-order valence-electron chi connectivity index (χ1n) is 17.1. The monoisotopic (exact) mass is 651 g/mol. The second-order valence-electron chi connectivity index (χ2n) is 12.8. The molecule has 238 valence electrons. The van der Waals surface area contributed by atoms with Crippen molar-refractivity contribution in [1.29, 1.82) is 0 Å². The van der Waals surface area contributed by atoms with E-state index in [1.54, 1.807) is 0 Å². The number of fused-ring (bicyclic) bond motifs is 6. The Hall–Kier alpha value is -6.91. The quantitative estimate of drug-likeness (QED) is 0.186. The maximum atomic E-state index is 6.73. The molecule has 0 aliphatic heterocycles. The first kappa shape index (κ1) is 29.0. The maximum Gasteiger partial charge on any atom is 0.164 e. The van der Waals surface area contributed by atoms with Crippen LogP contribution in [-0.2, 0) is 0 Å². The summed E-state index contributed by atoms with van der Waals surface area (Å²) in [6.07, 6.45) is 0. The van der Waals surface area contributed by atoms with E-state index < -0.39 is 0 Å². The van der Waals surface area contributed by atoms with Crippen LogP contribution >= 0.6 is 0 Å². The maximum absolute atomic E-state index is 6.73. The molecule has 10 rings (SSSR count). The van der Waals surface area contributed by atoms with Gasteiger partial charge in [-0.3, -0.25) is 0 Å². The third kappa shape index (κ3) is 5.04. The van der Waals surface area contributed by atoms with Crippen molar-refractivity contribution in [2.75, 3.05) is 0 Å². The SMILES string of the molecule is c1ccc(-c2nc(-c3ccc(-c4cccc5ccccc45)cc3)nc(-c3ccc4c(c3)oc3c5ccccc5cc(-c5ccccc5)c43)n2)cc1. The summed E-state index contributed by atoms with van der Waals surface area (Å²) < 4.78 is 6.73. The Labute approximate surface area is 294 Å². The van der Waals surface area contributed by atoms with Gasteiger partial charge in [0.1, 0.15) is 11.2 Å². The van der Waals surface area contributed by atoms with Gasteiger partial charge in [-0.25, -0.2) is 15.0 Å². The van der Waals surface area contributed by atoms with E-state index in [4.69, 9.17) is 19.4 Å². The number of hydrogen-bond donors (Lipinski definition) is 0. The van der Waals surface area contributed by atoms with Crippen molar-refractivity contribution >= 4 is 43.5 Å². The van der Waals surface area contributed by atoms with Crippen LogP contribution in [0.1, 0.15) is 0 Å². The fourth-order valence-corrected chi connectivity index (χ4v) is 7.22. The van der Waals surface area contributed by atoms with Crippen LogP contribution in [0.5, 0.6) is 0 Å².